The third kappa shape index (κ3) is 6.14. The molecule has 3 rings (SSSR count). The molecule has 0 spiro atoms. The van der Waals surface area contributed by atoms with Gasteiger partial charge in [-0.2, -0.15) is 13.2 Å². The minimum Gasteiger partial charge on any atom is -0.352 e. The van der Waals surface area contributed by atoms with Crippen LogP contribution in [0.3, 0.4) is 0 Å². The standard InChI is InChI=1S/C22H17BrF3N3O2/c23-17-13-14(4-9-18(17)29-21(31)19-3-1-2-11-27-19)10-12-28-20(30)15-5-7-16(8-6-15)22(24,25)26/h1-9,11,13H,10,12H2,(H,28,30)(H,29,31). The molecular formula is C22H17BrF3N3O2. The summed E-state index contributed by atoms with van der Waals surface area (Å²) in [5.41, 5.74) is 1.12. The maximum atomic E-state index is 12.6. The number of carbonyl (C=O) groups excluding carboxylic acids is 2. The Labute approximate surface area is 184 Å². The zero-order valence-corrected chi connectivity index (χ0v) is 17.6. The summed E-state index contributed by atoms with van der Waals surface area (Å²) in [6, 6.07) is 14.5. The number of nitrogens with one attached hydrogen (secondary N) is 2. The minimum absolute atomic E-state index is 0.154. The molecule has 1 heterocycles. The molecule has 0 aliphatic rings. The Hall–Kier alpha value is -3.20. The zero-order chi connectivity index (χ0) is 22.4. The lowest BCUT2D eigenvalue weighted by atomic mass is 10.1. The van der Waals surface area contributed by atoms with Crippen molar-refractivity contribution in [3.8, 4) is 0 Å². The van der Waals surface area contributed by atoms with Gasteiger partial charge in [0, 0.05) is 22.8 Å². The highest BCUT2D eigenvalue weighted by Gasteiger charge is 2.30. The van der Waals surface area contributed by atoms with Crippen LogP contribution in [0.2, 0.25) is 0 Å². The maximum Gasteiger partial charge on any atom is 0.416 e. The van der Waals surface area contributed by atoms with E-state index in [0.717, 1.165) is 29.8 Å². The Bertz CT molecular complexity index is 1070. The van der Waals surface area contributed by atoms with Gasteiger partial charge in [0.15, 0.2) is 0 Å². The van der Waals surface area contributed by atoms with Crippen molar-refractivity contribution in [2.75, 3.05) is 11.9 Å². The second kappa shape index (κ2) is 9.74. The largest absolute Gasteiger partial charge is 0.416 e. The van der Waals surface area contributed by atoms with E-state index in [1.54, 1.807) is 24.3 Å². The fraction of sp³-hybridized carbons (Fsp3) is 0.136. The lowest BCUT2D eigenvalue weighted by Crippen LogP contribution is -2.25. The van der Waals surface area contributed by atoms with Crippen molar-refractivity contribution in [2.45, 2.75) is 12.6 Å². The van der Waals surface area contributed by atoms with Crippen molar-refractivity contribution in [3.63, 3.8) is 0 Å². The van der Waals surface area contributed by atoms with Crippen LogP contribution in [0.4, 0.5) is 18.9 Å². The van der Waals surface area contributed by atoms with E-state index >= 15 is 0 Å². The lowest BCUT2D eigenvalue weighted by Gasteiger charge is -2.10. The van der Waals surface area contributed by atoms with Crippen LogP contribution in [0.5, 0.6) is 0 Å². The number of carbonyl (C=O) groups is 2. The molecule has 9 heteroatoms. The average Bonchev–Trinajstić information content (AvgIpc) is 2.75. The summed E-state index contributed by atoms with van der Waals surface area (Å²) >= 11 is 3.41. The van der Waals surface area contributed by atoms with Crippen LogP contribution in [0.25, 0.3) is 0 Å². The number of pyridine rings is 1. The van der Waals surface area contributed by atoms with Gasteiger partial charge in [-0.25, -0.2) is 0 Å². The van der Waals surface area contributed by atoms with E-state index in [4.69, 9.17) is 0 Å². The zero-order valence-electron chi connectivity index (χ0n) is 16.0. The number of anilines is 1. The van der Waals surface area contributed by atoms with Gasteiger partial charge in [-0.3, -0.25) is 14.6 Å². The molecule has 0 radical (unpaired) electrons. The highest BCUT2D eigenvalue weighted by atomic mass is 79.9. The van der Waals surface area contributed by atoms with Gasteiger partial charge in [-0.05, 0) is 76.4 Å². The number of nitrogens with zero attached hydrogens (tertiary/aromatic N) is 1. The average molecular weight is 492 g/mol. The first-order valence-electron chi connectivity index (χ1n) is 9.20. The number of hydrogen-bond acceptors (Lipinski definition) is 3. The van der Waals surface area contributed by atoms with Crippen molar-refractivity contribution < 1.29 is 22.8 Å². The van der Waals surface area contributed by atoms with E-state index in [1.165, 1.54) is 6.20 Å². The van der Waals surface area contributed by atoms with Crippen LogP contribution < -0.4 is 10.6 Å². The van der Waals surface area contributed by atoms with E-state index in [-0.39, 0.29) is 11.5 Å². The molecule has 1 aromatic heterocycles. The molecule has 0 saturated carbocycles. The Kier molecular flexibility index (Phi) is 7.06. The van der Waals surface area contributed by atoms with Gasteiger partial charge < -0.3 is 10.6 Å². The van der Waals surface area contributed by atoms with Gasteiger partial charge >= 0.3 is 6.18 Å². The topological polar surface area (TPSA) is 71.1 Å². The van der Waals surface area contributed by atoms with Crippen molar-refractivity contribution in [2.24, 2.45) is 0 Å². The molecule has 0 aliphatic carbocycles. The van der Waals surface area contributed by atoms with Crippen LogP contribution >= 0.6 is 15.9 Å². The van der Waals surface area contributed by atoms with Crippen LogP contribution in [0.1, 0.15) is 32.0 Å². The second-order valence-corrected chi connectivity index (χ2v) is 7.42. The molecule has 0 fully saturated rings. The van der Waals surface area contributed by atoms with Gasteiger partial charge in [-0.1, -0.05) is 12.1 Å². The van der Waals surface area contributed by atoms with Crippen LogP contribution in [0, 0.1) is 0 Å². The maximum absolute atomic E-state index is 12.6. The van der Waals surface area contributed by atoms with Gasteiger partial charge in [0.1, 0.15) is 5.69 Å². The molecule has 0 atom stereocenters. The van der Waals surface area contributed by atoms with Crippen LogP contribution in [-0.4, -0.2) is 23.3 Å². The summed E-state index contributed by atoms with van der Waals surface area (Å²) in [6.45, 7) is 0.298. The highest BCUT2D eigenvalue weighted by molar-refractivity contribution is 9.10. The third-order valence-corrected chi connectivity index (χ3v) is 5.01. The predicted molar refractivity (Wildman–Crippen MR) is 114 cm³/mol. The van der Waals surface area contributed by atoms with E-state index in [9.17, 15) is 22.8 Å². The van der Waals surface area contributed by atoms with Crippen molar-refractivity contribution >= 4 is 33.4 Å². The number of hydrogen-bond donors (Lipinski definition) is 2. The Balaban J connectivity index is 1.53. The number of rotatable bonds is 6. The third-order valence-electron chi connectivity index (χ3n) is 4.35. The van der Waals surface area contributed by atoms with Gasteiger partial charge in [0.25, 0.3) is 11.8 Å². The number of aromatic nitrogens is 1. The molecule has 2 N–H and O–H groups in total. The minimum atomic E-state index is -4.44. The number of halogens is 4. The summed E-state index contributed by atoms with van der Waals surface area (Å²) < 4.78 is 38.5. The second-order valence-electron chi connectivity index (χ2n) is 6.56. The van der Waals surface area contributed by atoms with Crippen LogP contribution in [-0.2, 0) is 12.6 Å². The summed E-state index contributed by atoms with van der Waals surface area (Å²) in [5.74, 6) is -0.787. The molecular weight excluding hydrogens is 475 g/mol. The van der Waals surface area contributed by atoms with E-state index in [2.05, 4.69) is 31.5 Å². The Morgan fingerprint density at radius 3 is 2.32 bits per heavy atom. The predicted octanol–water partition coefficient (Wildman–Crippen LogP) is 5.09. The van der Waals surface area contributed by atoms with Crippen molar-refractivity contribution in [1.82, 2.24) is 10.3 Å². The molecule has 2 aromatic carbocycles. The lowest BCUT2D eigenvalue weighted by molar-refractivity contribution is -0.137. The monoisotopic (exact) mass is 491 g/mol. The molecule has 0 unspecified atom stereocenters. The molecule has 2 amide bonds. The first-order valence-corrected chi connectivity index (χ1v) is 9.99. The summed E-state index contributed by atoms with van der Waals surface area (Å²) in [4.78, 5) is 28.3. The van der Waals surface area contributed by atoms with Gasteiger partial charge in [0.05, 0.1) is 11.3 Å². The summed E-state index contributed by atoms with van der Waals surface area (Å²) in [6.07, 6.45) is -2.41. The smallest absolute Gasteiger partial charge is 0.352 e. The number of alkyl halides is 3. The molecule has 0 saturated heterocycles. The summed E-state index contributed by atoms with van der Waals surface area (Å²) in [5, 5.41) is 5.45. The molecule has 31 heavy (non-hydrogen) atoms. The van der Waals surface area contributed by atoms with E-state index in [1.807, 2.05) is 12.1 Å². The van der Waals surface area contributed by atoms with E-state index < -0.39 is 17.6 Å². The van der Waals surface area contributed by atoms with Crippen LogP contribution in [0.15, 0.2) is 71.3 Å². The van der Waals surface area contributed by atoms with Gasteiger partial charge in [0.2, 0.25) is 0 Å². The first-order chi connectivity index (χ1) is 14.7. The van der Waals surface area contributed by atoms with E-state index in [0.29, 0.717) is 28.8 Å². The molecule has 0 bridgehead atoms. The Morgan fingerprint density at radius 2 is 1.71 bits per heavy atom. The molecule has 5 nitrogen and oxygen atoms in total. The van der Waals surface area contributed by atoms with Crippen molar-refractivity contribution in [1.29, 1.82) is 0 Å². The SMILES string of the molecule is O=C(NCCc1ccc(NC(=O)c2ccccn2)c(Br)c1)c1ccc(C(F)(F)F)cc1. The quantitative estimate of drug-likeness (QED) is 0.504. The summed E-state index contributed by atoms with van der Waals surface area (Å²) in [7, 11) is 0. The molecule has 160 valence electrons. The fourth-order valence-corrected chi connectivity index (χ4v) is 3.26. The fourth-order valence-electron chi connectivity index (χ4n) is 2.73. The number of amides is 2. The first kappa shape index (κ1) is 22.5. The molecule has 3 aromatic rings. The number of benzene rings is 2. The van der Waals surface area contributed by atoms with Gasteiger partial charge in [-0.15, -0.1) is 0 Å². The molecule has 0 aliphatic heterocycles. The normalized spacial score (nSPS) is 11.1. The highest BCUT2D eigenvalue weighted by Crippen LogP contribution is 2.29. The van der Waals surface area contributed by atoms with Crippen molar-refractivity contribution in [3.05, 3.63) is 93.7 Å². The Morgan fingerprint density at radius 1 is 0.968 bits per heavy atom.